The molecule has 5 heteroatoms. The highest BCUT2D eigenvalue weighted by Crippen LogP contribution is 2.22. The lowest BCUT2D eigenvalue weighted by atomic mass is 10.2. The number of benzene rings is 1. The number of hydrogen-bond acceptors (Lipinski definition) is 3. The van der Waals surface area contributed by atoms with Gasteiger partial charge in [-0.25, -0.2) is 4.98 Å². The number of likely N-dealkylation sites (tertiary alicyclic amines) is 1. The highest BCUT2D eigenvalue weighted by Gasteiger charge is 2.32. The van der Waals surface area contributed by atoms with Crippen molar-refractivity contribution in [3.05, 3.63) is 48.5 Å². The summed E-state index contributed by atoms with van der Waals surface area (Å²) in [7, 11) is 0. The molecular formula is C18H23N3O2. The maximum Gasteiger partial charge on any atom is 0.290 e. The Balaban J connectivity index is 1.68. The van der Waals surface area contributed by atoms with Gasteiger partial charge in [0.2, 0.25) is 0 Å². The predicted molar refractivity (Wildman–Crippen MR) is 88.6 cm³/mol. The Kier molecular flexibility index (Phi) is 4.65. The maximum atomic E-state index is 12.8. The van der Waals surface area contributed by atoms with Gasteiger partial charge in [-0.3, -0.25) is 4.79 Å². The third kappa shape index (κ3) is 3.38. The standard InChI is InChI=1S/C18H23N3O2/c1-14(2)20-12-10-19-17(20)18(22)21-11-6-7-15(21)13-23-16-8-4-3-5-9-16/h3-5,8-10,12,14-15H,6-7,11,13H2,1-2H3/t15-/m0/s1. The molecule has 1 aromatic carbocycles. The van der Waals surface area contributed by atoms with Crippen molar-refractivity contribution in [3.8, 4) is 5.75 Å². The molecule has 0 radical (unpaired) electrons. The minimum Gasteiger partial charge on any atom is -0.491 e. The zero-order valence-corrected chi connectivity index (χ0v) is 13.7. The van der Waals surface area contributed by atoms with Crippen LogP contribution in [0.15, 0.2) is 42.7 Å². The lowest BCUT2D eigenvalue weighted by molar-refractivity contribution is 0.0672. The van der Waals surface area contributed by atoms with Crippen molar-refractivity contribution in [2.45, 2.75) is 38.8 Å². The summed E-state index contributed by atoms with van der Waals surface area (Å²) in [6.45, 7) is 5.40. The summed E-state index contributed by atoms with van der Waals surface area (Å²) >= 11 is 0. The van der Waals surface area contributed by atoms with Crippen molar-refractivity contribution in [1.29, 1.82) is 0 Å². The van der Waals surface area contributed by atoms with Crippen molar-refractivity contribution in [2.24, 2.45) is 0 Å². The first kappa shape index (κ1) is 15.6. The fourth-order valence-corrected chi connectivity index (χ4v) is 3.01. The molecule has 1 amide bonds. The molecule has 1 atom stereocenters. The van der Waals surface area contributed by atoms with Crippen molar-refractivity contribution < 1.29 is 9.53 Å². The van der Waals surface area contributed by atoms with Crippen LogP contribution in [0.3, 0.4) is 0 Å². The molecule has 1 aliphatic rings. The second-order valence-electron chi connectivity index (χ2n) is 6.17. The highest BCUT2D eigenvalue weighted by molar-refractivity contribution is 5.91. The molecule has 2 aromatic rings. The smallest absolute Gasteiger partial charge is 0.290 e. The van der Waals surface area contributed by atoms with E-state index in [1.807, 2.05) is 46.0 Å². The van der Waals surface area contributed by atoms with Crippen molar-refractivity contribution >= 4 is 5.91 Å². The van der Waals surface area contributed by atoms with Crippen LogP contribution in [-0.2, 0) is 0 Å². The first-order chi connectivity index (χ1) is 11.2. The molecule has 1 aliphatic heterocycles. The minimum absolute atomic E-state index is 0.00265. The topological polar surface area (TPSA) is 47.4 Å². The summed E-state index contributed by atoms with van der Waals surface area (Å²) < 4.78 is 7.77. The fraction of sp³-hybridized carbons (Fsp3) is 0.444. The van der Waals surface area contributed by atoms with E-state index in [1.54, 1.807) is 6.20 Å². The molecule has 0 unspecified atom stereocenters. The monoisotopic (exact) mass is 313 g/mol. The normalized spacial score (nSPS) is 17.7. The van der Waals surface area contributed by atoms with Gasteiger partial charge in [-0.15, -0.1) is 0 Å². The molecule has 0 saturated carbocycles. The van der Waals surface area contributed by atoms with Gasteiger partial charge in [0.1, 0.15) is 12.4 Å². The molecule has 2 heterocycles. The van der Waals surface area contributed by atoms with E-state index in [2.05, 4.69) is 18.8 Å². The van der Waals surface area contributed by atoms with Gasteiger partial charge >= 0.3 is 0 Å². The lowest BCUT2D eigenvalue weighted by Crippen LogP contribution is -2.40. The Bertz CT molecular complexity index is 651. The molecule has 0 spiro atoms. The van der Waals surface area contributed by atoms with E-state index in [-0.39, 0.29) is 18.0 Å². The Morgan fingerprint density at radius 3 is 2.87 bits per heavy atom. The van der Waals surface area contributed by atoms with Gasteiger partial charge in [0, 0.05) is 25.0 Å². The van der Waals surface area contributed by atoms with Gasteiger partial charge in [-0.1, -0.05) is 18.2 Å². The number of carbonyl (C=O) groups excluding carboxylic acids is 1. The number of nitrogens with zero attached hydrogens (tertiary/aromatic N) is 3. The summed E-state index contributed by atoms with van der Waals surface area (Å²) in [5.41, 5.74) is 0. The molecule has 23 heavy (non-hydrogen) atoms. The molecule has 5 nitrogen and oxygen atoms in total. The number of hydrogen-bond donors (Lipinski definition) is 0. The summed E-state index contributed by atoms with van der Waals surface area (Å²) in [5.74, 6) is 1.37. The highest BCUT2D eigenvalue weighted by atomic mass is 16.5. The Morgan fingerprint density at radius 2 is 2.13 bits per heavy atom. The van der Waals surface area contributed by atoms with E-state index >= 15 is 0 Å². The molecule has 3 rings (SSSR count). The van der Waals surface area contributed by atoms with Crippen molar-refractivity contribution in [3.63, 3.8) is 0 Å². The third-order valence-electron chi connectivity index (χ3n) is 4.24. The van der Waals surface area contributed by atoms with Gasteiger partial charge in [0.15, 0.2) is 5.82 Å². The Labute approximate surface area is 136 Å². The second-order valence-corrected chi connectivity index (χ2v) is 6.17. The predicted octanol–water partition coefficient (Wildman–Crippen LogP) is 3.15. The van der Waals surface area contributed by atoms with Crippen LogP contribution in [0.1, 0.15) is 43.3 Å². The van der Waals surface area contributed by atoms with Crippen LogP contribution in [0, 0.1) is 0 Å². The average Bonchev–Trinajstić information content (AvgIpc) is 3.22. The van der Waals surface area contributed by atoms with Crippen LogP contribution in [0.4, 0.5) is 0 Å². The zero-order valence-electron chi connectivity index (χ0n) is 13.7. The van der Waals surface area contributed by atoms with E-state index in [9.17, 15) is 4.79 Å². The van der Waals surface area contributed by atoms with Gasteiger partial charge in [0.05, 0.1) is 6.04 Å². The second kappa shape index (κ2) is 6.86. The number of aromatic nitrogens is 2. The fourth-order valence-electron chi connectivity index (χ4n) is 3.01. The molecule has 1 saturated heterocycles. The van der Waals surface area contributed by atoms with E-state index in [4.69, 9.17) is 4.74 Å². The van der Waals surface area contributed by atoms with Crippen LogP contribution in [0.25, 0.3) is 0 Å². The Hall–Kier alpha value is -2.30. The molecular weight excluding hydrogens is 290 g/mol. The first-order valence-electron chi connectivity index (χ1n) is 8.18. The van der Waals surface area contributed by atoms with Crippen LogP contribution >= 0.6 is 0 Å². The quantitative estimate of drug-likeness (QED) is 0.852. The van der Waals surface area contributed by atoms with Gasteiger partial charge in [-0.05, 0) is 38.8 Å². The van der Waals surface area contributed by atoms with E-state index in [0.717, 1.165) is 25.1 Å². The van der Waals surface area contributed by atoms with Crippen molar-refractivity contribution in [1.82, 2.24) is 14.5 Å². The molecule has 1 aromatic heterocycles. The number of carbonyl (C=O) groups is 1. The summed E-state index contributed by atoms with van der Waals surface area (Å²) in [6, 6.07) is 10.1. The number of amides is 1. The van der Waals surface area contributed by atoms with Gasteiger partial charge < -0.3 is 14.2 Å². The number of imidazole rings is 1. The first-order valence-corrected chi connectivity index (χ1v) is 8.18. The minimum atomic E-state index is 0.00265. The summed E-state index contributed by atoms with van der Waals surface area (Å²) in [5, 5.41) is 0. The third-order valence-corrected chi connectivity index (χ3v) is 4.24. The maximum absolute atomic E-state index is 12.8. The van der Waals surface area contributed by atoms with Gasteiger partial charge in [0.25, 0.3) is 5.91 Å². The van der Waals surface area contributed by atoms with E-state index in [1.165, 1.54) is 0 Å². The molecule has 0 N–H and O–H groups in total. The summed E-state index contributed by atoms with van der Waals surface area (Å²) in [4.78, 5) is 19.0. The number of para-hydroxylation sites is 1. The molecule has 0 bridgehead atoms. The zero-order chi connectivity index (χ0) is 16.2. The number of ether oxygens (including phenoxy) is 1. The average molecular weight is 313 g/mol. The van der Waals surface area contributed by atoms with Crippen LogP contribution in [0.5, 0.6) is 5.75 Å². The molecule has 122 valence electrons. The van der Waals surface area contributed by atoms with Gasteiger partial charge in [-0.2, -0.15) is 0 Å². The van der Waals surface area contributed by atoms with Crippen LogP contribution in [0.2, 0.25) is 0 Å². The summed E-state index contributed by atoms with van der Waals surface area (Å²) in [6.07, 6.45) is 5.54. The van der Waals surface area contributed by atoms with E-state index in [0.29, 0.717) is 12.4 Å². The lowest BCUT2D eigenvalue weighted by Gasteiger charge is -2.25. The van der Waals surface area contributed by atoms with Crippen LogP contribution < -0.4 is 4.74 Å². The van der Waals surface area contributed by atoms with E-state index < -0.39 is 0 Å². The molecule has 0 aliphatic carbocycles. The largest absolute Gasteiger partial charge is 0.491 e. The molecule has 1 fully saturated rings. The van der Waals surface area contributed by atoms with Crippen LogP contribution in [-0.4, -0.2) is 39.6 Å². The number of rotatable bonds is 5. The Morgan fingerprint density at radius 1 is 1.35 bits per heavy atom. The SMILES string of the molecule is CC(C)n1ccnc1C(=O)N1CCC[C@H]1COc1ccccc1. The van der Waals surface area contributed by atoms with Crippen molar-refractivity contribution in [2.75, 3.05) is 13.2 Å².